The monoisotopic (exact) mass is 367 g/mol. The predicted molar refractivity (Wildman–Crippen MR) is 92.7 cm³/mol. The number of hydrogen-bond acceptors (Lipinski definition) is 5. The average Bonchev–Trinajstić information content (AvgIpc) is 3.06. The number of carbonyl (C=O) groups is 1. The van der Waals surface area contributed by atoms with Gasteiger partial charge in [0.05, 0.1) is 12.3 Å². The van der Waals surface area contributed by atoms with Gasteiger partial charge in [-0.25, -0.2) is 18.6 Å². The van der Waals surface area contributed by atoms with Crippen molar-refractivity contribution in [3.8, 4) is 11.3 Å². The van der Waals surface area contributed by atoms with Crippen LogP contribution >= 0.6 is 11.3 Å². The Hall–Kier alpha value is -2.22. The summed E-state index contributed by atoms with van der Waals surface area (Å²) < 4.78 is 32.2. The van der Waals surface area contributed by atoms with Crippen LogP contribution in [-0.4, -0.2) is 41.7 Å². The summed E-state index contributed by atoms with van der Waals surface area (Å²) in [6.07, 6.45) is 1.28. The summed E-state index contributed by atoms with van der Waals surface area (Å²) in [5.74, 6) is -0.994. The minimum atomic E-state index is -0.499. The number of nitrogens with one attached hydrogen (secondary N) is 1. The molecule has 0 atom stereocenters. The molecule has 0 saturated carbocycles. The lowest BCUT2D eigenvalue weighted by atomic mass is 10.1. The van der Waals surface area contributed by atoms with E-state index in [4.69, 9.17) is 4.74 Å². The molecule has 0 bridgehead atoms. The Morgan fingerprint density at radius 2 is 2.16 bits per heavy atom. The number of thiazole rings is 1. The number of benzene rings is 1. The molecule has 1 aromatic carbocycles. The number of rotatable bonds is 4. The number of nitrogens with zero attached hydrogens (tertiary/aromatic N) is 2. The predicted octanol–water partition coefficient (Wildman–Crippen LogP) is 4.12. The van der Waals surface area contributed by atoms with Gasteiger partial charge in [0.25, 0.3) is 0 Å². The zero-order chi connectivity index (χ0) is 17.8. The number of halogens is 2. The molecular formula is C17H19F2N3O2S. The molecule has 1 fully saturated rings. The van der Waals surface area contributed by atoms with E-state index >= 15 is 0 Å². The molecule has 0 aliphatic carbocycles. The Morgan fingerprint density at radius 1 is 1.40 bits per heavy atom. The first-order chi connectivity index (χ1) is 12.1. The zero-order valence-electron chi connectivity index (χ0n) is 13.8. The van der Waals surface area contributed by atoms with Gasteiger partial charge >= 0.3 is 6.09 Å². The largest absolute Gasteiger partial charge is 0.450 e. The normalized spacial score (nSPS) is 15.2. The fourth-order valence-corrected chi connectivity index (χ4v) is 3.54. The van der Waals surface area contributed by atoms with Crippen LogP contribution in [0.25, 0.3) is 11.3 Å². The summed E-state index contributed by atoms with van der Waals surface area (Å²) in [6.45, 7) is 3.39. The lowest BCUT2D eigenvalue weighted by molar-refractivity contribution is 0.0983. The summed E-state index contributed by atoms with van der Waals surface area (Å²) in [6, 6.07) is 3.51. The van der Waals surface area contributed by atoms with Crippen molar-refractivity contribution in [2.75, 3.05) is 25.0 Å². The molecule has 1 aliphatic rings. The summed E-state index contributed by atoms with van der Waals surface area (Å²) in [5, 5.41) is 5.67. The quantitative estimate of drug-likeness (QED) is 0.883. The van der Waals surface area contributed by atoms with Crippen molar-refractivity contribution >= 4 is 22.6 Å². The Bertz CT molecular complexity index is 745. The van der Waals surface area contributed by atoms with Gasteiger partial charge in [-0.05, 0) is 38.0 Å². The molecule has 1 aromatic heterocycles. The zero-order valence-corrected chi connectivity index (χ0v) is 14.6. The van der Waals surface area contributed by atoms with Gasteiger partial charge in [-0.2, -0.15) is 0 Å². The van der Waals surface area contributed by atoms with E-state index in [9.17, 15) is 13.6 Å². The number of piperidine rings is 1. The molecule has 134 valence electrons. The van der Waals surface area contributed by atoms with Crippen LogP contribution in [0.1, 0.15) is 19.8 Å². The van der Waals surface area contributed by atoms with E-state index in [1.165, 1.54) is 11.3 Å². The van der Waals surface area contributed by atoms with Gasteiger partial charge in [0.2, 0.25) is 0 Å². The average molecular weight is 367 g/mol. The maximum absolute atomic E-state index is 13.8. The van der Waals surface area contributed by atoms with Crippen LogP contribution in [0.4, 0.5) is 18.7 Å². The van der Waals surface area contributed by atoms with Gasteiger partial charge in [0.15, 0.2) is 5.13 Å². The molecule has 1 amide bonds. The topological polar surface area (TPSA) is 54.5 Å². The Labute approximate surface area is 148 Å². The molecule has 1 N–H and O–H groups in total. The van der Waals surface area contributed by atoms with Crippen LogP contribution in [0.3, 0.4) is 0 Å². The van der Waals surface area contributed by atoms with E-state index in [1.807, 2.05) is 0 Å². The lowest BCUT2D eigenvalue weighted by Gasteiger charge is -2.31. The second kappa shape index (κ2) is 7.77. The highest BCUT2D eigenvalue weighted by atomic mass is 32.1. The molecule has 3 rings (SSSR count). The maximum atomic E-state index is 13.8. The molecule has 8 heteroatoms. The van der Waals surface area contributed by atoms with Crippen LogP contribution in [0.15, 0.2) is 23.6 Å². The van der Waals surface area contributed by atoms with E-state index < -0.39 is 11.6 Å². The first-order valence-corrected chi connectivity index (χ1v) is 9.04. The summed E-state index contributed by atoms with van der Waals surface area (Å²) in [4.78, 5) is 17.7. The van der Waals surface area contributed by atoms with Crippen LogP contribution in [0, 0.1) is 11.6 Å². The first kappa shape index (κ1) is 17.6. The second-order valence-corrected chi connectivity index (χ2v) is 6.62. The highest BCUT2D eigenvalue weighted by molar-refractivity contribution is 7.14. The molecule has 0 spiro atoms. The Kier molecular flexibility index (Phi) is 5.47. The fraction of sp³-hybridized carbons (Fsp3) is 0.412. The SMILES string of the molecule is CCOC(=O)N1CCC(Nc2nc(-c3cc(F)ccc3F)cs2)CC1. The van der Waals surface area contributed by atoms with E-state index in [1.54, 1.807) is 17.2 Å². The highest BCUT2D eigenvalue weighted by Gasteiger charge is 2.24. The van der Waals surface area contributed by atoms with Gasteiger partial charge in [0, 0.05) is 30.1 Å². The Balaban J connectivity index is 1.59. The van der Waals surface area contributed by atoms with Crippen LogP contribution < -0.4 is 5.32 Å². The number of aromatic nitrogens is 1. The summed E-state index contributed by atoms with van der Waals surface area (Å²) in [7, 11) is 0. The van der Waals surface area contributed by atoms with Crippen molar-refractivity contribution in [2.45, 2.75) is 25.8 Å². The van der Waals surface area contributed by atoms with Crippen LogP contribution in [0.5, 0.6) is 0 Å². The van der Waals surface area contributed by atoms with Crippen molar-refractivity contribution in [3.05, 3.63) is 35.2 Å². The number of hydrogen-bond donors (Lipinski definition) is 1. The molecule has 5 nitrogen and oxygen atoms in total. The van der Waals surface area contributed by atoms with Gasteiger partial charge in [0.1, 0.15) is 11.6 Å². The van der Waals surface area contributed by atoms with Crippen molar-refractivity contribution in [1.29, 1.82) is 0 Å². The van der Waals surface area contributed by atoms with Gasteiger partial charge in [-0.3, -0.25) is 0 Å². The molecule has 1 aliphatic heterocycles. The number of amides is 1. The Morgan fingerprint density at radius 3 is 2.88 bits per heavy atom. The van der Waals surface area contributed by atoms with Gasteiger partial charge < -0.3 is 15.0 Å². The number of anilines is 1. The summed E-state index contributed by atoms with van der Waals surface area (Å²) >= 11 is 1.35. The molecule has 1 saturated heterocycles. The van der Waals surface area contributed by atoms with Crippen molar-refractivity contribution < 1.29 is 18.3 Å². The third-order valence-corrected chi connectivity index (χ3v) is 4.83. The fourth-order valence-electron chi connectivity index (χ4n) is 2.75. The molecule has 25 heavy (non-hydrogen) atoms. The molecule has 0 radical (unpaired) electrons. The van der Waals surface area contributed by atoms with Crippen LogP contribution in [0.2, 0.25) is 0 Å². The lowest BCUT2D eigenvalue weighted by Crippen LogP contribution is -2.42. The van der Waals surface area contributed by atoms with E-state index in [-0.39, 0.29) is 17.7 Å². The van der Waals surface area contributed by atoms with Crippen LogP contribution in [-0.2, 0) is 4.74 Å². The van der Waals surface area contributed by atoms with E-state index in [0.29, 0.717) is 30.5 Å². The van der Waals surface area contributed by atoms with Crippen molar-refractivity contribution in [2.24, 2.45) is 0 Å². The molecule has 2 aromatic rings. The second-order valence-electron chi connectivity index (χ2n) is 5.77. The standard InChI is InChI=1S/C17H19F2N3O2S/c1-2-24-17(23)22-7-5-12(6-8-22)20-16-21-15(10-25-16)13-9-11(18)3-4-14(13)19/h3-4,9-10,12H,2,5-8H2,1H3,(H,20,21). The van der Waals surface area contributed by atoms with E-state index in [0.717, 1.165) is 31.0 Å². The highest BCUT2D eigenvalue weighted by Crippen LogP contribution is 2.28. The van der Waals surface area contributed by atoms with Crippen molar-refractivity contribution in [1.82, 2.24) is 9.88 Å². The smallest absolute Gasteiger partial charge is 0.409 e. The van der Waals surface area contributed by atoms with Gasteiger partial charge in [-0.15, -0.1) is 11.3 Å². The number of ether oxygens (including phenoxy) is 1. The molecule has 2 heterocycles. The summed E-state index contributed by atoms with van der Waals surface area (Å²) in [5.41, 5.74) is 0.565. The van der Waals surface area contributed by atoms with Gasteiger partial charge in [-0.1, -0.05) is 0 Å². The number of carbonyl (C=O) groups excluding carboxylic acids is 1. The minimum absolute atomic E-state index is 0.154. The number of likely N-dealkylation sites (tertiary alicyclic amines) is 1. The van der Waals surface area contributed by atoms with Crippen molar-refractivity contribution in [3.63, 3.8) is 0 Å². The van der Waals surface area contributed by atoms with E-state index in [2.05, 4.69) is 10.3 Å². The minimum Gasteiger partial charge on any atom is -0.450 e. The maximum Gasteiger partial charge on any atom is 0.409 e. The molecule has 0 unspecified atom stereocenters. The third-order valence-electron chi connectivity index (χ3n) is 4.06. The molecular weight excluding hydrogens is 348 g/mol. The third kappa shape index (κ3) is 4.25. The first-order valence-electron chi connectivity index (χ1n) is 8.16.